The molecule has 0 bridgehead atoms. The third-order valence-electron chi connectivity index (χ3n) is 3.44. The van der Waals surface area contributed by atoms with Crippen LogP contribution >= 0.6 is 0 Å². The van der Waals surface area contributed by atoms with Gasteiger partial charge in [0.15, 0.2) is 5.78 Å². The Morgan fingerprint density at radius 1 is 1.28 bits per heavy atom. The number of hydrogen-bond acceptors (Lipinski definition) is 3. The van der Waals surface area contributed by atoms with Crippen LogP contribution in [0.4, 0.5) is 0 Å². The first-order chi connectivity index (χ1) is 8.79. The summed E-state index contributed by atoms with van der Waals surface area (Å²) in [5.41, 5.74) is 2.07. The van der Waals surface area contributed by atoms with Crippen LogP contribution in [0.2, 0.25) is 0 Å². The Morgan fingerprint density at radius 2 is 2.06 bits per heavy atom. The molecule has 18 heavy (non-hydrogen) atoms. The Bertz CT molecular complexity index is 397. The lowest BCUT2D eigenvalue weighted by molar-refractivity contribution is 0.0993. The van der Waals surface area contributed by atoms with E-state index in [4.69, 9.17) is 0 Å². The van der Waals surface area contributed by atoms with E-state index in [1.165, 1.54) is 37.9 Å². The molecule has 0 radical (unpaired) electrons. The maximum atomic E-state index is 11.8. The topological polar surface area (TPSA) is 32.3 Å². The maximum Gasteiger partial charge on any atom is 0.176 e. The molecule has 0 saturated carbocycles. The molecule has 1 fully saturated rings. The first-order valence-corrected chi connectivity index (χ1v) is 6.78. The van der Waals surface area contributed by atoms with Gasteiger partial charge in [0.1, 0.15) is 0 Å². The average Bonchev–Trinajstić information content (AvgIpc) is 2.40. The van der Waals surface area contributed by atoms with Crippen molar-refractivity contribution in [2.45, 2.75) is 25.8 Å². The van der Waals surface area contributed by atoms with Crippen LogP contribution < -0.4 is 5.32 Å². The molecule has 1 N–H and O–H groups in total. The van der Waals surface area contributed by atoms with Crippen LogP contribution in [-0.2, 0) is 6.54 Å². The van der Waals surface area contributed by atoms with E-state index in [1.807, 2.05) is 18.2 Å². The number of benzene rings is 1. The standard InChI is InChI=1S/C15H22N2O/c1-16-11-15(18)14-7-5-6-13(10-14)12-17-8-3-2-4-9-17/h5-7,10,16H,2-4,8-9,11-12H2,1H3. The molecule has 1 aliphatic rings. The third kappa shape index (κ3) is 3.65. The van der Waals surface area contributed by atoms with Crippen LogP contribution in [0.5, 0.6) is 0 Å². The van der Waals surface area contributed by atoms with E-state index in [0.29, 0.717) is 6.54 Å². The van der Waals surface area contributed by atoms with Gasteiger partial charge in [-0.1, -0.05) is 24.6 Å². The summed E-state index contributed by atoms with van der Waals surface area (Å²) in [6, 6.07) is 8.04. The predicted octanol–water partition coefficient (Wildman–Crippen LogP) is 2.07. The molecule has 1 saturated heterocycles. The zero-order valence-corrected chi connectivity index (χ0v) is 11.1. The predicted molar refractivity (Wildman–Crippen MR) is 73.8 cm³/mol. The van der Waals surface area contributed by atoms with Crippen molar-refractivity contribution in [1.82, 2.24) is 10.2 Å². The fourth-order valence-corrected chi connectivity index (χ4v) is 2.48. The SMILES string of the molecule is CNCC(=O)c1cccc(CN2CCCCC2)c1. The van der Waals surface area contributed by atoms with E-state index in [0.717, 1.165) is 12.1 Å². The van der Waals surface area contributed by atoms with Gasteiger partial charge in [-0.15, -0.1) is 0 Å². The molecule has 0 aromatic heterocycles. The van der Waals surface area contributed by atoms with Crippen LogP contribution in [0.25, 0.3) is 0 Å². The Labute approximate surface area is 109 Å². The van der Waals surface area contributed by atoms with E-state index in [-0.39, 0.29) is 5.78 Å². The van der Waals surface area contributed by atoms with Crippen molar-refractivity contribution in [1.29, 1.82) is 0 Å². The highest BCUT2D eigenvalue weighted by molar-refractivity contribution is 5.97. The fourth-order valence-electron chi connectivity index (χ4n) is 2.48. The van der Waals surface area contributed by atoms with Crippen molar-refractivity contribution in [2.75, 3.05) is 26.7 Å². The van der Waals surface area contributed by atoms with Gasteiger partial charge in [-0.25, -0.2) is 0 Å². The number of carbonyl (C=O) groups excluding carboxylic acids is 1. The zero-order valence-electron chi connectivity index (χ0n) is 11.1. The summed E-state index contributed by atoms with van der Waals surface area (Å²) >= 11 is 0. The molecule has 1 aliphatic heterocycles. The number of likely N-dealkylation sites (tertiary alicyclic amines) is 1. The van der Waals surface area contributed by atoms with Crippen LogP contribution in [-0.4, -0.2) is 37.4 Å². The first kappa shape index (κ1) is 13.2. The molecule has 3 heteroatoms. The lowest BCUT2D eigenvalue weighted by Gasteiger charge is -2.26. The van der Waals surface area contributed by atoms with Gasteiger partial charge < -0.3 is 5.32 Å². The smallest absolute Gasteiger partial charge is 0.176 e. The molecular formula is C15H22N2O. The summed E-state index contributed by atoms with van der Waals surface area (Å²) in [7, 11) is 1.80. The Morgan fingerprint density at radius 3 is 2.78 bits per heavy atom. The van der Waals surface area contributed by atoms with Crippen LogP contribution in [0.15, 0.2) is 24.3 Å². The minimum atomic E-state index is 0.165. The maximum absolute atomic E-state index is 11.8. The number of nitrogens with zero attached hydrogens (tertiary/aromatic N) is 1. The van der Waals surface area contributed by atoms with E-state index < -0.39 is 0 Å². The summed E-state index contributed by atoms with van der Waals surface area (Å²) in [6.45, 7) is 3.76. The van der Waals surface area contributed by atoms with E-state index in [2.05, 4.69) is 16.3 Å². The second-order valence-corrected chi connectivity index (χ2v) is 4.99. The van der Waals surface area contributed by atoms with Gasteiger partial charge in [0.25, 0.3) is 0 Å². The average molecular weight is 246 g/mol. The second-order valence-electron chi connectivity index (χ2n) is 4.99. The lowest BCUT2D eigenvalue weighted by Crippen LogP contribution is -2.29. The molecule has 1 aromatic rings. The summed E-state index contributed by atoms with van der Waals surface area (Å²) < 4.78 is 0. The Balaban J connectivity index is 2.00. The van der Waals surface area contributed by atoms with Gasteiger partial charge in [0, 0.05) is 12.1 Å². The number of ketones is 1. The normalized spacial score (nSPS) is 16.7. The summed E-state index contributed by atoms with van der Waals surface area (Å²) in [6.07, 6.45) is 3.97. The highest BCUT2D eigenvalue weighted by Gasteiger charge is 2.11. The first-order valence-electron chi connectivity index (χ1n) is 6.78. The monoisotopic (exact) mass is 246 g/mol. The number of carbonyl (C=O) groups is 1. The lowest BCUT2D eigenvalue weighted by atomic mass is 10.1. The summed E-state index contributed by atoms with van der Waals surface area (Å²) in [5, 5.41) is 2.91. The Hall–Kier alpha value is -1.19. The second kappa shape index (κ2) is 6.66. The molecule has 0 atom stereocenters. The van der Waals surface area contributed by atoms with Crippen molar-refractivity contribution in [3.05, 3.63) is 35.4 Å². The molecule has 3 nitrogen and oxygen atoms in total. The highest BCUT2D eigenvalue weighted by Crippen LogP contribution is 2.14. The van der Waals surface area contributed by atoms with Gasteiger partial charge in [0.05, 0.1) is 6.54 Å². The largest absolute Gasteiger partial charge is 0.313 e. The molecule has 0 unspecified atom stereocenters. The third-order valence-corrected chi connectivity index (χ3v) is 3.44. The Kier molecular flexibility index (Phi) is 4.90. The number of Topliss-reactive ketones (excluding diaryl/α,β-unsaturated/α-hetero) is 1. The van der Waals surface area contributed by atoms with Gasteiger partial charge in [0.2, 0.25) is 0 Å². The fraction of sp³-hybridized carbons (Fsp3) is 0.533. The van der Waals surface area contributed by atoms with Gasteiger partial charge in [-0.2, -0.15) is 0 Å². The van der Waals surface area contributed by atoms with E-state index >= 15 is 0 Å². The van der Waals surface area contributed by atoms with Crippen LogP contribution in [0, 0.1) is 0 Å². The molecule has 0 spiro atoms. The zero-order chi connectivity index (χ0) is 12.8. The summed E-state index contributed by atoms with van der Waals surface area (Å²) in [5.74, 6) is 0.165. The molecule has 1 heterocycles. The van der Waals surface area contributed by atoms with Gasteiger partial charge >= 0.3 is 0 Å². The van der Waals surface area contributed by atoms with Gasteiger partial charge in [-0.05, 0) is 44.6 Å². The van der Waals surface area contributed by atoms with E-state index in [1.54, 1.807) is 7.05 Å². The number of likely N-dealkylation sites (N-methyl/N-ethyl adjacent to an activating group) is 1. The van der Waals surface area contributed by atoms with Crippen molar-refractivity contribution < 1.29 is 4.79 Å². The van der Waals surface area contributed by atoms with Crippen LogP contribution in [0.1, 0.15) is 35.2 Å². The molecular weight excluding hydrogens is 224 g/mol. The number of hydrogen-bond donors (Lipinski definition) is 1. The quantitative estimate of drug-likeness (QED) is 0.807. The van der Waals surface area contributed by atoms with Gasteiger partial charge in [-0.3, -0.25) is 9.69 Å². The minimum Gasteiger partial charge on any atom is -0.313 e. The number of nitrogens with one attached hydrogen (secondary N) is 1. The molecule has 98 valence electrons. The highest BCUT2D eigenvalue weighted by atomic mass is 16.1. The van der Waals surface area contributed by atoms with Crippen molar-refractivity contribution >= 4 is 5.78 Å². The van der Waals surface area contributed by atoms with Crippen molar-refractivity contribution in [3.8, 4) is 0 Å². The molecule has 0 aliphatic carbocycles. The number of rotatable bonds is 5. The van der Waals surface area contributed by atoms with Crippen LogP contribution in [0.3, 0.4) is 0 Å². The molecule has 0 amide bonds. The minimum absolute atomic E-state index is 0.165. The van der Waals surface area contributed by atoms with E-state index in [9.17, 15) is 4.79 Å². The molecule has 1 aromatic carbocycles. The summed E-state index contributed by atoms with van der Waals surface area (Å²) in [4.78, 5) is 14.3. The molecule has 2 rings (SSSR count). The van der Waals surface area contributed by atoms with Crippen molar-refractivity contribution in [2.24, 2.45) is 0 Å². The van der Waals surface area contributed by atoms with Crippen molar-refractivity contribution in [3.63, 3.8) is 0 Å². The number of piperidine rings is 1.